The van der Waals surface area contributed by atoms with Gasteiger partial charge >= 0.3 is 0 Å². The van der Waals surface area contributed by atoms with Crippen molar-refractivity contribution in [3.8, 4) is 17.0 Å². The highest BCUT2D eigenvalue weighted by atomic mass is 16.5. The predicted octanol–water partition coefficient (Wildman–Crippen LogP) is 2.33. The van der Waals surface area contributed by atoms with Gasteiger partial charge in [-0.3, -0.25) is 14.6 Å². The number of aromatic nitrogens is 4. The lowest BCUT2D eigenvalue weighted by atomic mass is 10.1. The van der Waals surface area contributed by atoms with Crippen LogP contribution in [-0.2, 0) is 6.54 Å². The molecule has 3 rings (SSSR count). The number of hydrogen-bond acceptors (Lipinski definition) is 4. The molecule has 0 atom stereocenters. The van der Waals surface area contributed by atoms with Crippen LogP contribution in [0.2, 0.25) is 0 Å². The fourth-order valence-corrected chi connectivity index (χ4v) is 2.79. The van der Waals surface area contributed by atoms with E-state index in [1.807, 2.05) is 48.9 Å². The summed E-state index contributed by atoms with van der Waals surface area (Å²) < 4.78 is 7.25. The van der Waals surface area contributed by atoms with E-state index in [1.54, 1.807) is 7.11 Å². The van der Waals surface area contributed by atoms with Gasteiger partial charge in [-0.2, -0.15) is 10.2 Å². The van der Waals surface area contributed by atoms with E-state index in [9.17, 15) is 4.79 Å². The van der Waals surface area contributed by atoms with Crippen molar-refractivity contribution in [2.24, 2.45) is 0 Å². The standard InChI is InChI=1S/C18H21N5O2/c1-12-10-13(2)23(22-12)9-8-19-18(24)15-11-20-21-17(15)14-6-4-5-7-16(14)25-3/h4-7,10-11H,8-9H2,1-3H3,(H,19,24)(H,20,21). The molecule has 0 aliphatic rings. The second-order valence-electron chi connectivity index (χ2n) is 5.77. The lowest BCUT2D eigenvalue weighted by Gasteiger charge is -2.09. The van der Waals surface area contributed by atoms with Crippen LogP contribution in [0, 0.1) is 13.8 Å². The molecule has 7 heteroatoms. The fraction of sp³-hybridized carbons (Fsp3) is 0.278. The summed E-state index contributed by atoms with van der Waals surface area (Å²) >= 11 is 0. The molecular formula is C18H21N5O2. The second-order valence-corrected chi connectivity index (χ2v) is 5.77. The Bertz CT molecular complexity index is 881. The molecule has 1 amide bonds. The third kappa shape index (κ3) is 3.55. The van der Waals surface area contributed by atoms with Crippen molar-refractivity contribution in [1.82, 2.24) is 25.3 Å². The number of nitrogens with one attached hydrogen (secondary N) is 2. The summed E-state index contributed by atoms with van der Waals surface area (Å²) in [5.41, 5.74) is 3.96. The van der Waals surface area contributed by atoms with E-state index >= 15 is 0 Å². The molecular weight excluding hydrogens is 318 g/mol. The molecule has 0 aliphatic carbocycles. The molecule has 0 unspecified atom stereocenters. The number of aryl methyl sites for hydroxylation is 2. The minimum absolute atomic E-state index is 0.184. The van der Waals surface area contributed by atoms with Gasteiger partial charge in [-0.25, -0.2) is 0 Å². The SMILES string of the molecule is COc1ccccc1-c1[nH]ncc1C(=O)NCCn1nc(C)cc1C. The molecule has 0 saturated carbocycles. The smallest absolute Gasteiger partial charge is 0.255 e. The molecule has 130 valence electrons. The minimum atomic E-state index is -0.184. The Kier molecular flexibility index (Phi) is 4.83. The predicted molar refractivity (Wildman–Crippen MR) is 94.6 cm³/mol. The number of H-pyrrole nitrogens is 1. The van der Waals surface area contributed by atoms with Crippen molar-refractivity contribution in [1.29, 1.82) is 0 Å². The zero-order valence-corrected chi connectivity index (χ0v) is 14.5. The van der Waals surface area contributed by atoms with Gasteiger partial charge < -0.3 is 10.1 Å². The molecule has 0 spiro atoms. The lowest BCUT2D eigenvalue weighted by molar-refractivity contribution is 0.0952. The van der Waals surface area contributed by atoms with Crippen LogP contribution in [0.3, 0.4) is 0 Å². The maximum Gasteiger partial charge on any atom is 0.255 e. The van der Waals surface area contributed by atoms with Crippen LogP contribution in [0.1, 0.15) is 21.7 Å². The van der Waals surface area contributed by atoms with Crippen LogP contribution in [0.15, 0.2) is 36.5 Å². The lowest BCUT2D eigenvalue weighted by Crippen LogP contribution is -2.28. The van der Waals surface area contributed by atoms with E-state index < -0.39 is 0 Å². The van der Waals surface area contributed by atoms with E-state index in [0.717, 1.165) is 17.0 Å². The maximum absolute atomic E-state index is 12.5. The van der Waals surface area contributed by atoms with Gasteiger partial charge in [-0.15, -0.1) is 0 Å². The van der Waals surface area contributed by atoms with Gasteiger partial charge in [-0.1, -0.05) is 12.1 Å². The first-order valence-corrected chi connectivity index (χ1v) is 8.06. The minimum Gasteiger partial charge on any atom is -0.496 e. The van der Waals surface area contributed by atoms with Crippen LogP contribution in [0.5, 0.6) is 5.75 Å². The van der Waals surface area contributed by atoms with Crippen molar-refractivity contribution < 1.29 is 9.53 Å². The Balaban J connectivity index is 1.71. The number of methoxy groups -OCH3 is 1. The number of carbonyl (C=O) groups excluding carboxylic acids is 1. The number of ether oxygens (including phenoxy) is 1. The molecule has 0 bridgehead atoms. The number of carbonyl (C=O) groups is 1. The molecule has 3 aromatic rings. The van der Waals surface area contributed by atoms with Crippen molar-refractivity contribution in [3.63, 3.8) is 0 Å². The van der Waals surface area contributed by atoms with Crippen LogP contribution in [0.4, 0.5) is 0 Å². The van der Waals surface area contributed by atoms with E-state index in [-0.39, 0.29) is 5.91 Å². The summed E-state index contributed by atoms with van der Waals surface area (Å²) in [6.45, 7) is 5.05. The highest BCUT2D eigenvalue weighted by molar-refractivity contribution is 6.00. The van der Waals surface area contributed by atoms with Gasteiger partial charge in [-0.05, 0) is 32.0 Å². The molecule has 0 fully saturated rings. The summed E-state index contributed by atoms with van der Waals surface area (Å²) in [7, 11) is 1.60. The molecule has 25 heavy (non-hydrogen) atoms. The molecule has 7 nitrogen and oxygen atoms in total. The number of aromatic amines is 1. The van der Waals surface area contributed by atoms with Gasteiger partial charge in [0.25, 0.3) is 5.91 Å². The topological polar surface area (TPSA) is 84.8 Å². The molecule has 1 aromatic carbocycles. The number of amides is 1. The Hall–Kier alpha value is -3.09. The maximum atomic E-state index is 12.5. The zero-order chi connectivity index (χ0) is 17.8. The highest BCUT2D eigenvalue weighted by Crippen LogP contribution is 2.30. The molecule has 0 aliphatic heterocycles. The van der Waals surface area contributed by atoms with E-state index in [0.29, 0.717) is 30.1 Å². The van der Waals surface area contributed by atoms with E-state index in [2.05, 4.69) is 20.6 Å². The third-order valence-corrected chi connectivity index (χ3v) is 3.97. The van der Waals surface area contributed by atoms with Crippen LogP contribution in [0.25, 0.3) is 11.3 Å². The average molecular weight is 339 g/mol. The van der Waals surface area contributed by atoms with Gasteiger partial charge in [0.1, 0.15) is 5.75 Å². The van der Waals surface area contributed by atoms with Crippen LogP contribution in [-0.4, -0.2) is 39.5 Å². The number of rotatable bonds is 6. The summed E-state index contributed by atoms with van der Waals surface area (Å²) in [6.07, 6.45) is 1.53. The Morgan fingerprint density at radius 1 is 1.32 bits per heavy atom. The molecule has 0 radical (unpaired) electrons. The number of nitrogens with zero attached hydrogens (tertiary/aromatic N) is 3. The van der Waals surface area contributed by atoms with Gasteiger partial charge in [0.05, 0.1) is 36.8 Å². The molecule has 0 saturated heterocycles. The molecule has 2 aromatic heterocycles. The van der Waals surface area contributed by atoms with E-state index in [1.165, 1.54) is 6.20 Å². The molecule has 2 N–H and O–H groups in total. The second kappa shape index (κ2) is 7.21. The Morgan fingerprint density at radius 2 is 2.12 bits per heavy atom. The zero-order valence-electron chi connectivity index (χ0n) is 14.5. The summed E-state index contributed by atoms with van der Waals surface area (Å²) in [6, 6.07) is 9.52. The van der Waals surface area contributed by atoms with Crippen molar-refractivity contribution in [3.05, 3.63) is 53.5 Å². The van der Waals surface area contributed by atoms with Crippen molar-refractivity contribution in [2.75, 3.05) is 13.7 Å². The Morgan fingerprint density at radius 3 is 2.84 bits per heavy atom. The molecule has 2 heterocycles. The van der Waals surface area contributed by atoms with Gasteiger partial charge in [0.15, 0.2) is 0 Å². The quantitative estimate of drug-likeness (QED) is 0.722. The first kappa shape index (κ1) is 16.8. The first-order chi connectivity index (χ1) is 12.1. The first-order valence-electron chi connectivity index (χ1n) is 8.06. The van der Waals surface area contributed by atoms with Crippen LogP contribution >= 0.6 is 0 Å². The third-order valence-electron chi connectivity index (χ3n) is 3.97. The average Bonchev–Trinajstić information content (AvgIpc) is 3.21. The normalized spacial score (nSPS) is 10.7. The van der Waals surface area contributed by atoms with E-state index in [4.69, 9.17) is 4.74 Å². The largest absolute Gasteiger partial charge is 0.496 e. The van der Waals surface area contributed by atoms with Crippen LogP contribution < -0.4 is 10.1 Å². The number of hydrogen-bond donors (Lipinski definition) is 2. The monoisotopic (exact) mass is 339 g/mol. The summed E-state index contributed by atoms with van der Waals surface area (Å²) in [4.78, 5) is 12.5. The summed E-state index contributed by atoms with van der Waals surface area (Å²) in [5, 5.41) is 14.2. The highest BCUT2D eigenvalue weighted by Gasteiger charge is 2.17. The Labute approximate surface area is 146 Å². The fourth-order valence-electron chi connectivity index (χ4n) is 2.79. The number of benzene rings is 1. The van der Waals surface area contributed by atoms with Crippen molar-refractivity contribution in [2.45, 2.75) is 20.4 Å². The number of para-hydroxylation sites is 1. The summed E-state index contributed by atoms with van der Waals surface area (Å²) in [5.74, 6) is 0.500. The van der Waals surface area contributed by atoms with Crippen molar-refractivity contribution >= 4 is 5.91 Å². The van der Waals surface area contributed by atoms with Gasteiger partial charge in [0, 0.05) is 17.8 Å². The van der Waals surface area contributed by atoms with Gasteiger partial charge in [0.2, 0.25) is 0 Å².